The molecular weight excluding hydrogens is 404 g/mol. The number of halogens is 1. The summed E-state index contributed by atoms with van der Waals surface area (Å²) < 4.78 is 28.0. The summed E-state index contributed by atoms with van der Waals surface area (Å²) in [6, 6.07) is 11.3. The van der Waals surface area contributed by atoms with Gasteiger partial charge in [0.1, 0.15) is 0 Å². The Morgan fingerprint density at radius 1 is 1.11 bits per heavy atom. The van der Waals surface area contributed by atoms with Crippen LogP contribution >= 0.6 is 23.4 Å². The van der Waals surface area contributed by atoms with Crippen molar-refractivity contribution < 1.29 is 13.2 Å². The highest BCUT2D eigenvalue weighted by Crippen LogP contribution is 2.26. The Bertz CT molecular complexity index is 938. The maximum atomic E-state index is 12.8. The van der Waals surface area contributed by atoms with Crippen molar-refractivity contribution in [2.45, 2.75) is 37.3 Å². The lowest BCUT2D eigenvalue weighted by molar-refractivity contribution is -0.113. The van der Waals surface area contributed by atoms with Gasteiger partial charge in [-0.25, -0.2) is 8.42 Å². The van der Waals surface area contributed by atoms with Gasteiger partial charge in [-0.3, -0.25) is 9.52 Å². The summed E-state index contributed by atoms with van der Waals surface area (Å²) in [4.78, 5) is 12.2. The first-order valence-electron chi connectivity index (χ1n) is 8.29. The van der Waals surface area contributed by atoms with Gasteiger partial charge in [0.15, 0.2) is 0 Å². The van der Waals surface area contributed by atoms with Crippen molar-refractivity contribution in [2.75, 3.05) is 15.8 Å². The van der Waals surface area contributed by atoms with Crippen LogP contribution in [0, 0.1) is 6.92 Å². The highest BCUT2D eigenvalue weighted by Gasteiger charge is 2.19. The van der Waals surface area contributed by atoms with E-state index in [9.17, 15) is 13.2 Å². The monoisotopic (exact) mass is 426 g/mol. The lowest BCUT2D eigenvalue weighted by Crippen LogP contribution is -2.19. The zero-order chi connectivity index (χ0) is 20.2. The van der Waals surface area contributed by atoms with E-state index < -0.39 is 10.0 Å². The molecule has 0 fully saturated rings. The van der Waals surface area contributed by atoms with Gasteiger partial charge in [-0.1, -0.05) is 44.5 Å². The molecule has 0 aromatic heterocycles. The maximum Gasteiger partial charge on any atom is 0.262 e. The van der Waals surface area contributed by atoms with Gasteiger partial charge in [-0.2, -0.15) is 0 Å². The molecule has 5 nitrogen and oxygen atoms in total. The smallest absolute Gasteiger partial charge is 0.262 e. The van der Waals surface area contributed by atoms with E-state index in [2.05, 4.69) is 10.0 Å². The first-order chi connectivity index (χ1) is 12.5. The van der Waals surface area contributed by atoms with Crippen LogP contribution in [0.2, 0.25) is 5.02 Å². The number of aryl methyl sites for hydroxylation is 1. The average Bonchev–Trinajstić information content (AvgIpc) is 2.53. The van der Waals surface area contributed by atoms with Crippen LogP contribution in [-0.2, 0) is 14.8 Å². The first-order valence-corrected chi connectivity index (χ1v) is 11.1. The number of nitrogens with one attached hydrogen (secondary N) is 2. The molecule has 2 N–H and O–H groups in total. The van der Waals surface area contributed by atoms with Crippen molar-refractivity contribution in [3.63, 3.8) is 0 Å². The van der Waals surface area contributed by atoms with Gasteiger partial charge in [0.05, 0.1) is 16.3 Å². The van der Waals surface area contributed by atoms with Gasteiger partial charge in [0.2, 0.25) is 5.91 Å². The number of hydrogen-bond acceptors (Lipinski definition) is 4. The van der Waals surface area contributed by atoms with Crippen molar-refractivity contribution in [3.8, 4) is 0 Å². The largest absolute Gasteiger partial charge is 0.325 e. The van der Waals surface area contributed by atoms with E-state index in [4.69, 9.17) is 11.6 Å². The number of amides is 1. The predicted molar refractivity (Wildman–Crippen MR) is 114 cm³/mol. The maximum absolute atomic E-state index is 12.8. The molecule has 2 aromatic rings. The third-order valence-corrected chi connectivity index (χ3v) is 6.51. The fourth-order valence-corrected chi connectivity index (χ4v) is 4.36. The molecule has 0 heterocycles. The van der Waals surface area contributed by atoms with Gasteiger partial charge in [0.25, 0.3) is 10.0 Å². The second-order valence-electron chi connectivity index (χ2n) is 7.05. The van der Waals surface area contributed by atoms with Gasteiger partial charge < -0.3 is 5.32 Å². The van der Waals surface area contributed by atoms with Crippen LogP contribution in [0.25, 0.3) is 0 Å². The molecule has 0 aliphatic rings. The second kappa shape index (κ2) is 8.54. The van der Waals surface area contributed by atoms with Crippen molar-refractivity contribution in [1.29, 1.82) is 0 Å². The number of rotatable bonds is 6. The van der Waals surface area contributed by atoms with Crippen LogP contribution in [0.1, 0.15) is 26.3 Å². The zero-order valence-electron chi connectivity index (χ0n) is 15.7. The quantitative estimate of drug-likeness (QED) is 0.687. The average molecular weight is 427 g/mol. The fourth-order valence-electron chi connectivity index (χ4n) is 2.21. The van der Waals surface area contributed by atoms with E-state index in [0.717, 1.165) is 0 Å². The molecule has 0 atom stereocenters. The highest BCUT2D eigenvalue weighted by atomic mass is 35.5. The lowest BCUT2D eigenvalue weighted by atomic mass is 10.2. The van der Waals surface area contributed by atoms with E-state index in [0.29, 0.717) is 27.7 Å². The molecule has 0 aliphatic carbocycles. The van der Waals surface area contributed by atoms with Crippen molar-refractivity contribution in [3.05, 3.63) is 53.1 Å². The number of hydrogen-bond donors (Lipinski definition) is 2. The third-order valence-electron chi connectivity index (χ3n) is 3.47. The number of carbonyl (C=O) groups excluding carboxylic acids is 1. The van der Waals surface area contributed by atoms with Crippen LogP contribution in [0.5, 0.6) is 0 Å². The predicted octanol–water partition coefficient (Wildman–Crippen LogP) is 4.92. The second-order valence-corrected chi connectivity index (χ2v) is 10.9. The van der Waals surface area contributed by atoms with Crippen molar-refractivity contribution in [1.82, 2.24) is 0 Å². The fraction of sp³-hybridized carbons (Fsp3) is 0.316. The number of thioether (sulfide) groups is 1. The van der Waals surface area contributed by atoms with E-state index in [1.807, 2.05) is 20.8 Å². The Hall–Kier alpha value is -1.70. The summed E-state index contributed by atoms with van der Waals surface area (Å²) in [5.41, 5.74) is 1.39. The molecule has 0 saturated carbocycles. The van der Waals surface area contributed by atoms with Crippen LogP contribution in [0.15, 0.2) is 47.4 Å². The normalized spacial score (nSPS) is 11.9. The first kappa shape index (κ1) is 21.6. The molecule has 0 spiro atoms. The van der Waals surface area contributed by atoms with Crippen LogP contribution in [0.4, 0.5) is 11.4 Å². The molecule has 2 aromatic carbocycles. The summed E-state index contributed by atoms with van der Waals surface area (Å²) in [6.07, 6.45) is 0. The minimum absolute atomic E-state index is 0.0278. The summed E-state index contributed by atoms with van der Waals surface area (Å²) in [7, 11) is -3.82. The lowest BCUT2D eigenvalue weighted by Gasteiger charge is -2.17. The molecule has 0 radical (unpaired) electrons. The Kier molecular flexibility index (Phi) is 6.83. The number of anilines is 2. The summed E-state index contributed by atoms with van der Waals surface area (Å²) in [6.45, 7) is 7.79. The van der Waals surface area contributed by atoms with Crippen LogP contribution < -0.4 is 10.0 Å². The van der Waals surface area contributed by atoms with Gasteiger partial charge in [0, 0.05) is 15.5 Å². The topological polar surface area (TPSA) is 75.3 Å². The molecule has 2 rings (SSSR count). The summed E-state index contributed by atoms with van der Waals surface area (Å²) in [5, 5.41) is 3.19. The van der Waals surface area contributed by atoms with Crippen molar-refractivity contribution in [2.24, 2.45) is 0 Å². The number of benzene rings is 2. The Balaban J connectivity index is 2.19. The van der Waals surface area contributed by atoms with Crippen LogP contribution in [0.3, 0.4) is 0 Å². The number of carbonyl (C=O) groups is 1. The van der Waals surface area contributed by atoms with Gasteiger partial charge >= 0.3 is 0 Å². The molecular formula is C19H23ClN2O3S2. The SMILES string of the molecule is Cc1ccc(NC(=O)CSC(C)(C)C)cc1S(=O)(=O)Nc1cccc(Cl)c1. The molecule has 1 amide bonds. The standard InChI is InChI=1S/C19H23ClN2O3S2/c1-13-8-9-15(21-18(23)12-26-19(2,3)4)11-17(13)27(24,25)22-16-7-5-6-14(20)10-16/h5-11,22H,12H2,1-4H3,(H,21,23). The van der Waals surface area contributed by atoms with E-state index in [1.165, 1.54) is 23.9 Å². The number of sulfonamides is 1. The minimum Gasteiger partial charge on any atom is -0.325 e. The Morgan fingerprint density at radius 2 is 1.81 bits per heavy atom. The third kappa shape index (κ3) is 6.75. The van der Waals surface area contributed by atoms with E-state index in [1.54, 1.807) is 37.3 Å². The van der Waals surface area contributed by atoms with Crippen molar-refractivity contribution >= 4 is 50.7 Å². The molecule has 0 bridgehead atoms. The molecule has 27 heavy (non-hydrogen) atoms. The minimum atomic E-state index is -3.82. The van der Waals surface area contributed by atoms with E-state index >= 15 is 0 Å². The Labute approximate surface area is 169 Å². The molecule has 0 unspecified atom stereocenters. The summed E-state index contributed by atoms with van der Waals surface area (Å²) in [5.74, 6) is 0.116. The van der Waals surface area contributed by atoms with Gasteiger partial charge in [-0.05, 0) is 42.8 Å². The highest BCUT2D eigenvalue weighted by molar-refractivity contribution is 8.01. The Morgan fingerprint density at radius 3 is 2.44 bits per heavy atom. The molecule has 0 aliphatic heterocycles. The summed E-state index contributed by atoms with van der Waals surface area (Å²) >= 11 is 7.43. The van der Waals surface area contributed by atoms with Crippen LogP contribution in [-0.4, -0.2) is 24.8 Å². The van der Waals surface area contributed by atoms with E-state index in [-0.39, 0.29) is 15.5 Å². The van der Waals surface area contributed by atoms with Gasteiger partial charge in [-0.15, -0.1) is 11.8 Å². The molecule has 146 valence electrons. The zero-order valence-corrected chi connectivity index (χ0v) is 18.1. The molecule has 8 heteroatoms. The molecule has 0 saturated heterocycles.